The van der Waals surface area contributed by atoms with Crippen LogP contribution in [0.5, 0.6) is 17.2 Å². The standard InChI is InChI=1S/C29H27NO7/c1-34-13-12-30-26(20-8-5-9-22(16-20)37-18-19-6-3-2-4-7-19)25(28(32)29(30)33)27(31)21-10-11-23-24(17-21)36-15-14-35-23/h2-11,16-17,26,31H,12-15,18H2,1H3/t26-/m0/s1. The normalized spacial score (nSPS) is 18.2. The van der Waals surface area contributed by atoms with Crippen LogP contribution in [0.1, 0.15) is 22.7 Å². The summed E-state index contributed by atoms with van der Waals surface area (Å²) in [7, 11) is 1.53. The number of aliphatic hydroxyl groups is 1. The molecule has 37 heavy (non-hydrogen) atoms. The molecule has 0 unspecified atom stereocenters. The van der Waals surface area contributed by atoms with Gasteiger partial charge >= 0.3 is 0 Å². The highest BCUT2D eigenvalue weighted by Gasteiger charge is 2.46. The Morgan fingerprint density at radius 2 is 1.76 bits per heavy atom. The summed E-state index contributed by atoms with van der Waals surface area (Å²) in [6, 6.07) is 21.1. The molecule has 0 saturated carbocycles. The lowest BCUT2D eigenvalue weighted by Crippen LogP contribution is -2.32. The van der Waals surface area contributed by atoms with Gasteiger partial charge in [-0.1, -0.05) is 42.5 Å². The third-order valence-corrected chi connectivity index (χ3v) is 6.31. The van der Waals surface area contributed by atoms with Crippen LogP contribution in [0, 0.1) is 0 Å². The second kappa shape index (κ2) is 10.8. The summed E-state index contributed by atoms with van der Waals surface area (Å²) >= 11 is 0. The molecule has 1 fully saturated rings. The van der Waals surface area contributed by atoms with Gasteiger partial charge in [0.25, 0.3) is 11.7 Å². The molecule has 2 heterocycles. The van der Waals surface area contributed by atoms with Crippen LogP contribution in [0.3, 0.4) is 0 Å². The van der Waals surface area contributed by atoms with Gasteiger partial charge in [0.15, 0.2) is 11.5 Å². The van der Waals surface area contributed by atoms with E-state index in [1.807, 2.05) is 42.5 Å². The molecule has 2 aliphatic rings. The molecule has 0 bridgehead atoms. The van der Waals surface area contributed by atoms with E-state index in [0.29, 0.717) is 48.2 Å². The minimum absolute atomic E-state index is 0.00186. The molecule has 1 saturated heterocycles. The Bertz CT molecular complexity index is 1340. The molecule has 3 aromatic rings. The van der Waals surface area contributed by atoms with Crippen LogP contribution in [-0.2, 0) is 20.9 Å². The van der Waals surface area contributed by atoms with Gasteiger partial charge in [0.1, 0.15) is 31.3 Å². The molecule has 1 amide bonds. The molecule has 3 aromatic carbocycles. The lowest BCUT2D eigenvalue weighted by atomic mass is 9.95. The number of carbonyl (C=O) groups excluding carboxylic acids is 2. The molecule has 0 radical (unpaired) electrons. The quantitative estimate of drug-likeness (QED) is 0.282. The predicted octanol–water partition coefficient (Wildman–Crippen LogP) is 4.10. The summed E-state index contributed by atoms with van der Waals surface area (Å²) in [6.07, 6.45) is 0. The van der Waals surface area contributed by atoms with E-state index in [1.54, 1.807) is 30.3 Å². The fourth-order valence-electron chi connectivity index (χ4n) is 4.51. The number of likely N-dealkylation sites (tertiary alicyclic amines) is 1. The summed E-state index contributed by atoms with van der Waals surface area (Å²) < 4.78 is 22.4. The number of ketones is 1. The number of carbonyl (C=O) groups is 2. The molecule has 8 heteroatoms. The van der Waals surface area contributed by atoms with Gasteiger partial charge in [0.2, 0.25) is 0 Å². The van der Waals surface area contributed by atoms with E-state index in [0.717, 1.165) is 5.56 Å². The largest absolute Gasteiger partial charge is 0.507 e. The molecule has 5 rings (SSSR count). The summed E-state index contributed by atoms with van der Waals surface area (Å²) in [4.78, 5) is 27.7. The zero-order valence-corrected chi connectivity index (χ0v) is 20.4. The highest BCUT2D eigenvalue weighted by Crippen LogP contribution is 2.41. The zero-order valence-electron chi connectivity index (χ0n) is 20.4. The van der Waals surface area contributed by atoms with E-state index >= 15 is 0 Å². The highest BCUT2D eigenvalue weighted by atomic mass is 16.6. The van der Waals surface area contributed by atoms with Gasteiger partial charge < -0.3 is 29.0 Å². The Balaban J connectivity index is 1.53. The predicted molar refractivity (Wildman–Crippen MR) is 136 cm³/mol. The number of ether oxygens (including phenoxy) is 4. The molecule has 8 nitrogen and oxygen atoms in total. The summed E-state index contributed by atoms with van der Waals surface area (Å²) in [5, 5.41) is 11.3. The second-order valence-corrected chi connectivity index (χ2v) is 8.69. The molecule has 190 valence electrons. The number of hydrogen-bond acceptors (Lipinski definition) is 7. The van der Waals surface area contributed by atoms with E-state index in [1.165, 1.54) is 12.0 Å². The average Bonchev–Trinajstić information content (AvgIpc) is 3.20. The van der Waals surface area contributed by atoms with Crippen molar-refractivity contribution >= 4 is 17.4 Å². The monoisotopic (exact) mass is 501 g/mol. The van der Waals surface area contributed by atoms with E-state index in [-0.39, 0.29) is 24.5 Å². The zero-order chi connectivity index (χ0) is 25.8. The minimum Gasteiger partial charge on any atom is -0.507 e. The Labute approximate surface area is 214 Å². The van der Waals surface area contributed by atoms with Crippen molar-refractivity contribution in [3.8, 4) is 17.2 Å². The molecular weight excluding hydrogens is 474 g/mol. The number of rotatable bonds is 8. The van der Waals surface area contributed by atoms with Gasteiger partial charge in [-0.05, 0) is 41.5 Å². The van der Waals surface area contributed by atoms with Crippen molar-refractivity contribution < 1.29 is 33.6 Å². The number of benzene rings is 3. The number of hydrogen-bond donors (Lipinski definition) is 1. The molecular formula is C29H27NO7. The minimum atomic E-state index is -0.816. The lowest BCUT2D eigenvalue weighted by molar-refractivity contribution is -0.140. The molecule has 1 N–H and O–H groups in total. The van der Waals surface area contributed by atoms with Gasteiger partial charge in [-0.2, -0.15) is 0 Å². The van der Waals surface area contributed by atoms with Gasteiger partial charge in [0, 0.05) is 19.2 Å². The van der Waals surface area contributed by atoms with Crippen LogP contribution >= 0.6 is 0 Å². The van der Waals surface area contributed by atoms with Crippen molar-refractivity contribution in [2.45, 2.75) is 12.6 Å². The Hall–Kier alpha value is -4.30. The molecule has 1 atom stereocenters. The SMILES string of the molecule is COCCN1C(=O)C(=O)C(=C(O)c2ccc3c(c2)OCCO3)[C@@H]1c1cccc(OCc2ccccc2)c1. The maximum atomic E-state index is 13.2. The first-order valence-electron chi connectivity index (χ1n) is 12.0. The first kappa shape index (κ1) is 24.4. The van der Waals surface area contributed by atoms with Crippen LogP contribution in [0.2, 0.25) is 0 Å². The van der Waals surface area contributed by atoms with Gasteiger partial charge in [-0.25, -0.2) is 0 Å². The fourth-order valence-corrected chi connectivity index (χ4v) is 4.51. The van der Waals surface area contributed by atoms with Gasteiger partial charge in [0.05, 0.1) is 18.2 Å². The van der Waals surface area contributed by atoms with Crippen molar-refractivity contribution in [1.82, 2.24) is 4.90 Å². The Kier molecular flexibility index (Phi) is 7.09. The molecule has 2 aliphatic heterocycles. The van der Waals surface area contributed by atoms with Crippen LogP contribution < -0.4 is 14.2 Å². The molecule has 0 aliphatic carbocycles. The summed E-state index contributed by atoms with van der Waals surface area (Å²) in [5.41, 5.74) is 2.01. The third kappa shape index (κ3) is 5.01. The number of amides is 1. The second-order valence-electron chi connectivity index (χ2n) is 8.69. The van der Waals surface area contributed by atoms with Crippen LogP contribution in [0.4, 0.5) is 0 Å². The van der Waals surface area contributed by atoms with E-state index in [9.17, 15) is 14.7 Å². The van der Waals surface area contributed by atoms with Crippen molar-refractivity contribution in [1.29, 1.82) is 0 Å². The van der Waals surface area contributed by atoms with Crippen molar-refractivity contribution in [3.63, 3.8) is 0 Å². The van der Waals surface area contributed by atoms with Crippen molar-refractivity contribution in [2.24, 2.45) is 0 Å². The summed E-state index contributed by atoms with van der Waals surface area (Å²) in [6.45, 7) is 1.60. The van der Waals surface area contributed by atoms with Crippen LogP contribution in [-0.4, -0.2) is 55.2 Å². The van der Waals surface area contributed by atoms with Crippen LogP contribution in [0.15, 0.2) is 78.4 Å². The fraction of sp³-hybridized carbons (Fsp3) is 0.241. The van der Waals surface area contributed by atoms with Crippen molar-refractivity contribution in [3.05, 3.63) is 95.1 Å². The Morgan fingerprint density at radius 3 is 2.54 bits per heavy atom. The number of fused-ring (bicyclic) bond motifs is 1. The molecule has 0 aromatic heterocycles. The van der Waals surface area contributed by atoms with Gasteiger partial charge in [-0.15, -0.1) is 0 Å². The van der Waals surface area contributed by atoms with Crippen molar-refractivity contribution in [2.75, 3.05) is 33.5 Å². The average molecular weight is 502 g/mol. The lowest BCUT2D eigenvalue weighted by Gasteiger charge is -2.25. The number of nitrogens with zero attached hydrogens (tertiary/aromatic N) is 1. The first-order valence-corrected chi connectivity index (χ1v) is 12.0. The summed E-state index contributed by atoms with van der Waals surface area (Å²) in [5.74, 6) is -0.130. The third-order valence-electron chi connectivity index (χ3n) is 6.31. The van der Waals surface area contributed by atoms with E-state index in [2.05, 4.69) is 0 Å². The first-order chi connectivity index (χ1) is 18.1. The topological polar surface area (TPSA) is 94.5 Å². The number of Topliss-reactive ketones (excluding diaryl/α,β-unsaturated/α-hetero) is 1. The maximum absolute atomic E-state index is 13.2. The highest BCUT2D eigenvalue weighted by molar-refractivity contribution is 6.46. The van der Waals surface area contributed by atoms with Gasteiger partial charge in [-0.3, -0.25) is 9.59 Å². The van der Waals surface area contributed by atoms with Crippen LogP contribution in [0.25, 0.3) is 5.76 Å². The van der Waals surface area contributed by atoms with E-state index in [4.69, 9.17) is 18.9 Å². The Morgan fingerprint density at radius 1 is 0.973 bits per heavy atom. The van der Waals surface area contributed by atoms with E-state index < -0.39 is 17.7 Å². The smallest absolute Gasteiger partial charge is 0.295 e. The number of aliphatic hydroxyl groups excluding tert-OH is 1. The number of methoxy groups -OCH3 is 1. The molecule has 0 spiro atoms. The maximum Gasteiger partial charge on any atom is 0.295 e.